The number of likely N-dealkylation sites (N-methyl/N-ethyl adjacent to an activating group) is 1. The van der Waals surface area contributed by atoms with Gasteiger partial charge in [0.15, 0.2) is 0 Å². The molecule has 1 atom stereocenters. The summed E-state index contributed by atoms with van der Waals surface area (Å²) in [5.74, 6) is 0. The van der Waals surface area contributed by atoms with Gasteiger partial charge in [-0.3, -0.25) is 0 Å². The SMILES string of the molecule is COCCN(C)S(=O)(=O)N1CCCC(N)C1. The monoisotopic (exact) mass is 251 g/mol. The Kier molecular flexibility index (Phi) is 5.13. The van der Waals surface area contributed by atoms with Crippen LogP contribution < -0.4 is 5.73 Å². The Morgan fingerprint density at radius 2 is 2.25 bits per heavy atom. The Hall–Kier alpha value is -0.210. The molecule has 0 saturated carbocycles. The summed E-state index contributed by atoms with van der Waals surface area (Å²) in [6.07, 6.45) is 1.73. The number of nitrogens with zero attached hydrogens (tertiary/aromatic N) is 2. The zero-order valence-corrected chi connectivity index (χ0v) is 10.7. The van der Waals surface area contributed by atoms with Crippen molar-refractivity contribution in [3.05, 3.63) is 0 Å². The zero-order chi connectivity index (χ0) is 12.2. The van der Waals surface area contributed by atoms with Crippen molar-refractivity contribution in [2.24, 2.45) is 5.73 Å². The average molecular weight is 251 g/mol. The molecular weight excluding hydrogens is 230 g/mol. The third-order valence-corrected chi connectivity index (χ3v) is 4.71. The van der Waals surface area contributed by atoms with Crippen molar-refractivity contribution in [3.8, 4) is 0 Å². The molecule has 1 unspecified atom stereocenters. The van der Waals surface area contributed by atoms with Crippen molar-refractivity contribution >= 4 is 10.2 Å². The van der Waals surface area contributed by atoms with E-state index in [1.54, 1.807) is 14.2 Å². The molecule has 1 aliphatic rings. The molecule has 1 rings (SSSR count). The highest BCUT2D eigenvalue weighted by Crippen LogP contribution is 2.14. The molecule has 1 heterocycles. The van der Waals surface area contributed by atoms with Crippen LogP contribution in [-0.4, -0.2) is 63.5 Å². The van der Waals surface area contributed by atoms with E-state index in [1.807, 2.05) is 0 Å². The normalized spacial score (nSPS) is 23.9. The van der Waals surface area contributed by atoms with E-state index in [4.69, 9.17) is 10.5 Å². The van der Waals surface area contributed by atoms with Gasteiger partial charge in [-0.25, -0.2) is 0 Å². The van der Waals surface area contributed by atoms with E-state index in [0.29, 0.717) is 26.2 Å². The highest BCUT2D eigenvalue weighted by molar-refractivity contribution is 7.86. The largest absolute Gasteiger partial charge is 0.383 e. The summed E-state index contributed by atoms with van der Waals surface area (Å²) in [5.41, 5.74) is 5.77. The van der Waals surface area contributed by atoms with Crippen LogP contribution in [0.4, 0.5) is 0 Å². The van der Waals surface area contributed by atoms with Gasteiger partial charge < -0.3 is 10.5 Å². The van der Waals surface area contributed by atoms with Crippen LogP contribution >= 0.6 is 0 Å². The van der Waals surface area contributed by atoms with Gasteiger partial charge in [-0.15, -0.1) is 0 Å². The summed E-state index contributed by atoms with van der Waals surface area (Å²) in [7, 11) is -0.244. The smallest absolute Gasteiger partial charge is 0.281 e. The van der Waals surface area contributed by atoms with Gasteiger partial charge in [0, 0.05) is 39.8 Å². The van der Waals surface area contributed by atoms with Crippen LogP contribution in [0, 0.1) is 0 Å². The molecule has 2 N–H and O–H groups in total. The maximum atomic E-state index is 12.1. The minimum atomic E-state index is -3.36. The minimum absolute atomic E-state index is 0.0423. The molecule has 0 aliphatic carbocycles. The predicted octanol–water partition coefficient (Wildman–Crippen LogP) is -0.767. The average Bonchev–Trinajstić information content (AvgIpc) is 2.25. The van der Waals surface area contributed by atoms with Gasteiger partial charge in [0.1, 0.15) is 0 Å². The molecule has 0 aromatic heterocycles. The Balaban J connectivity index is 2.61. The van der Waals surface area contributed by atoms with Crippen molar-refractivity contribution in [2.45, 2.75) is 18.9 Å². The van der Waals surface area contributed by atoms with Gasteiger partial charge in [-0.05, 0) is 12.8 Å². The molecule has 1 fully saturated rings. The molecule has 6 nitrogen and oxygen atoms in total. The third-order valence-electron chi connectivity index (χ3n) is 2.75. The van der Waals surface area contributed by atoms with Crippen LogP contribution in [0.3, 0.4) is 0 Å². The summed E-state index contributed by atoms with van der Waals surface area (Å²) in [5, 5.41) is 0. The fraction of sp³-hybridized carbons (Fsp3) is 1.00. The molecule has 1 saturated heterocycles. The van der Waals surface area contributed by atoms with Crippen LogP contribution in [0.15, 0.2) is 0 Å². The third kappa shape index (κ3) is 3.39. The summed E-state index contributed by atoms with van der Waals surface area (Å²) >= 11 is 0. The van der Waals surface area contributed by atoms with Crippen LogP contribution in [0.1, 0.15) is 12.8 Å². The first-order chi connectivity index (χ1) is 7.48. The lowest BCUT2D eigenvalue weighted by Gasteiger charge is -2.32. The Labute approximate surface area is 97.5 Å². The number of piperidine rings is 1. The molecule has 1 aliphatic heterocycles. The number of hydrogen-bond donors (Lipinski definition) is 1. The first-order valence-electron chi connectivity index (χ1n) is 5.44. The standard InChI is InChI=1S/C9H21N3O3S/c1-11(6-7-15-2)16(13,14)12-5-3-4-9(10)8-12/h9H,3-8,10H2,1-2H3. The summed E-state index contributed by atoms with van der Waals surface area (Å²) in [6.45, 7) is 1.74. The van der Waals surface area contributed by atoms with Crippen LogP contribution in [0.2, 0.25) is 0 Å². The maximum absolute atomic E-state index is 12.1. The van der Waals surface area contributed by atoms with Crippen LogP contribution in [0.25, 0.3) is 0 Å². The molecular formula is C9H21N3O3S. The highest BCUT2D eigenvalue weighted by atomic mass is 32.2. The molecule has 96 valence electrons. The van der Waals surface area contributed by atoms with E-state index in [1.165, 1.54) is 8.61 Å². The minimum Gasteiger partial charge on any atom is -0.383 e. The van der Waals surface area contributed by atoms with Gasteiger partial charge in [0.05, 0.1) is 6.61 Å². The van der Waals surface area contributed by atoms with Crippen molar-refractivity contribution in [2.75, 3.05) is 40.4 Å². The fourth-order valence-electron chi connectivity index (χ4n) is 1.72. The molecule has 0 amide bonds. The van der Waals surface area contributed by atoms with Crippen LogP contribution in [0.5, 0.6) is 0 Å². The molecule has 0 aromatic carbocycles. The van der Waals surface area contributed by atoms with E-state index in [0.717, 1.165) is 12.8 Å². The van der Waals surface area contributed by atoms with Gasteiger partial charge in [-0.2, -0.15) is 17.0 Å². The second-order valence-corrected chi connectivity index (χ2v) is 6.12. The Morgan fingerprint density at radius 1 is 1.56 bits per heavy atom. The second-order valence-electron chi connectivity index (χ2n) is 4.08. The Bertz CT molecular complexity index is 307. The van der Waals surface area contributed by atoms with Crippen molar-refractivity contribution < 1.29 is 13.2 Å². The molecule has 7 heteroatoms. The van der Waals surface area contributed by atoms with E-state index in [2.05, 4.69) is 0 Å². The zero-order valence-electron chi connectivity index (χ0n) is 9.92. The quantitative estimate of drug-likeness (QED) is 0.696. The van der Waals surface area contributed by atoms with E-state index < -0.39 is 10.2 Å². The van der Waals surface area contributed by atoms with Gasteiger partial charge in [-0.1, -0.05) is 0 Å². The van der Waals surface area contributed by atoms with Gasteiger partial charge >= 0.3 is 0 Å². The number of hydrogen-bond acceptors (Lipinski definition) is 4. The molecule has 0 spiro atoms. The lowest BCUT2D eigenvalue weighted by atomic mass is 10.1. The van der Waals surface area contributed by atoms with E-state index in [9.17, 15) is 8.42 Å². The topological polar surface area (TPSA) is 75.9 Å². The first-order valence-corrected chi connectivity index (χ1v) is 6.84. The number of methoxy groups -OCH3 is 1. The second kappa shape index (κ2) is 5.92. The van der Waals surface area contributed by atoms with Crippen molar-refractivity contribution in [3.63, 3.8) is 0 Å². The highest BCUT2D eigenvalue weighted by Gasteiger charge is 2.30. The summed E-state index contributed by atoms with van der Waals surface area (Å²) < 4.78 is 31.8. The number of rotatable bonds is 5. The van der Waals surface area contributed by atoms with E-state index >= 15 is 0 Å². The fourth-order valence-corrected chi connectivity index (χ4v) is 3.16. The van der Waals surface area contributed by atoms with Gasteiger partial charge in [0.2, 0.25) is 0 Å². The first kappa shape index (κ1) is 13.9. The van der Waals surface area contributed by atoms with Crippen molar-refractivity contribution in [1.29, 1.82) is 0 Å². The lowest BCUT2D eigenvalue weighted by molar-refractivity contribution is 0.181. The summed E-state index contributed by atoms with van der Waals surface area (Å²) in [6, 6.07) is -0.0423. The van der Waals surface area contributed by atoms with E-state index in [-0.39, 0.29) is 6.04 Å². The molecule has 16 heavy (non-hydrogen) atoms. The molecule has 0 radical (unpaired) electrons. The summed E-state index contributed by atoms with van der Waals surface area (Å²) in [4.78, 5) is 0. The maximum Gasteiger partial charge on any atom is 0.281 e. The van der Waals surface area contributed by atoms with Gasteiger partial charge in [0.25, 0.3) is 10.2 Å². The predicted molar refractivity (Wildman–Crippen MR) is 62.2 cm³/mol. The Morgan fingerprint density at radius 3 is 2.81 bits per heavy atom. The molecule has 0 bridgehead atoms. The lowest BCUT2D eigenvalue weighted by Crippen LogP contribution is -2.50. The number of ether oxygens (including phenoxy) is 1. The molecule has 0 aromatic rings. The number of nitrogens with two attached hydrogens (primary N) is 1. The van der Waals surface area contributed by atoms with Crippen molar-refractivity contribution in [1.82, 2.24) is 8.61 Å². The van der Waals surface area contributed by atoms with Crippen LogP contribution in [-0.2, 0) is 14.9 Å².